The molecule has 3 aromatic rings. The van der Waals surface area contributed by atoms with Gasteiger partial charge in [-0.25, -0.2) is 4.39 Å². The molecule has 0 spiro atoms. The van der Waals surface area contributed by atoms with Crippen molar-refractivity contribution in [1.82, 2.24) is 5.32 Å². The van der Waals surface area contributed by atoms with E-state index in [1.165, 1.54) is 12.1 Å². The van der Waals surface area contributed by atoms with Gasteiger partial charge in [-0.1, -0.05) is 54.1 Å². The third kappa shape index (κ3) is 6.13. The number of methoxy groups -OCH3 is 1. The molecule has 0 amide bonds. The van der Waals surface area contributed by atoms with Crippen LogP contribution in [-0.2, 0) is 19.7 Å². The molecule has 1 N–H and O–H groups in total. The molecule has 3 aromatic carbocycles. The SMILES string of the molecule is COc1cc(Cl)cc(CNCc2ccc(F)cc2)c1OCc1ccccc1.Cl. The van der Waals surface area contributed by atoms with Crippen molar-refractivity contribution in [2.24, 2.45) is 0 Å². The van der Waals surface area contributed by atoms with Crippen LogP contribution in [0.3, 0.4) is 0 Å². The molecule has 0 atom stereocenters. The largest absolute Gasteiger partial charge is 0.493 e. The molecule has 0 heterocycles. The number of nitrogens with one attached hydrogen (secondary N) is 1. The Bertz CT molecular complexity index is 874. The Morgan fingerprint density at radius 3 is 2.32 bits per heavy atom. The average molecular weight is 422 g/mol. The Morgan fingerprint density at radius 2 is 1.64 bits per heavy atom. The smallest absolute Gasteiger partial charge is 0.166 e. The third-order valence-corrected chi connectivity index (χ3v) is 4.32. The fraction of sp³-hybridized carbons (Fsp3) is 0.182. The molecule has 0 bridgehead atoms. The minimum atomic E-state index is -0.241. The van der Waals surface area contributed by atoms with Gasteiger partial charge in [-0.3, -0.25) is 0 Å². The molecule has 0 aliphatic heterocycles. The van der Waals surface area contributed by atoms with Gasteiger partial charge in [0.05, 0.1) is 7.11 Å². The van der Waals surface area contributed by atoms with Crippen LogP contribution in [-0.4, -0.2) is 7.11 Å². The molecule has 3 rings (SSSR count). The van der Waals surface area contributed by atoms with Crippen LogP contribution in [0.15, 0.2) is 66.7 Å². The molecule has 0 fully saturated rings. The van der Waals surface area contributed by atoms with Crippen LogP contribution in [0.1, 0.15) is 16.7 Å². The highest BCUT2D eigenvalue weighted by atomic mass is 35.5. The lowest BCUT2D eigenvalue weighted by Crippen LogP contribution is -2.14. The maximum atomic E-state index is 13.0. The Morgan fingerprint density at radius 1 is 0.929 bits per heavy atom. The highest BCUT2D eigenvalue weighted by molar-refractivity contribution is 6.30. The van der Waals surface area contributed by atoms with Gasteiger partial charge in [0.15, 0.2) is 11.5 Å². The van der Waals surface area contributed by atoms with E-state index in [4.69, 9.17) is 21.1 Å². The number of hydrogen-bond donors (Lipinski definition) is 1. The average Bonchev–Trinajstić information content (AvgIpc) is 2.69. The van der Waals surface area contributed by atoms with Gasteiger partial charge < -0.3 is 14.8 Å². The number of halogens is 3. The number of hydrogen-bond acceptors (Lipinski definition) is 3. The summed E-state index contributed by atoms with van der Waals surface area (Å²) in [5.41, 5.74) is 2.97. The van der Waals surface area contributed by atoms with Gasteiger partial charge in [0.1, 0.15) is 12.4 Å². The second-order valence-corrected chi connectivity index (χ2v) is 6.54. The van der Waals surface area contributed by atoms with E-state index >= 15 is 0 Å². The summed E-state index contributed by atoms with van der Waals surface area (Å²) in [5.74, 6) is 1.02. The lowest BCUT2D eigenvalue weighted by Gasteiger charge is -2.16. The van der Waals surface area contributed by atoms with E-state index in [2.05, 4.69) is 5.32 Å². The minimum Gasteiger partial charge on any atom is -0.493 e. The quantitative estimate of drug-likeness (QED) is 0.499. The van der Waals surface area contributed by atoms with Crippen LogP contribution >= 0.6 is 24.0 Å². The molecule has 148 valence electrons. The topological polar surface area (TPSA) is 30.5 Å². The van der Waals surface area contributed by atoms with Crippen molar-refractivity contribution in [3.63, 3.8) is 0 Å². The first-order valence-electron chi connectivity index (χ1n) is 8.64. The lowest BCUT2D eigenvalue weighted by atomic mass is 10.1. The predicted octanol–water partition coefficient (Wildman–Crippen LogP) is 5.78. The van der Waals surface area contributed by atoms with Crippen molar-refractivity contribution in [2.75, 3.05) is 7.11 Å². The molecule has 28 heavy (non-hydrogen) atoms. The van der Waals surface area contributed by atoms with Crippen molar-refractivity contribution in [3.8, 4) is 11.5 Å². The monoisotopic (exact) mass is 421 g/mol. The van der Waals surface area contributed by atoms with E-state index < -0.39 is 0 Å². The Hall–Kier alpha value is -2.27. The Kier molecular flexibility index (Phi) is 8.58. The second-order valence-electron chi connectivity index (χ2n) is 6.10. The lowest BCUT2D eigenvalue weighted by molar-refractivity contribution is 0.280. The van der Waals surface area contributed by atoms with Gasteiger partial charge >= 0.3 is 0 Å². The number of ether oxygens (including phenoxy) is 2. The fourth-order valence-corrected chi connectivity index (χ4v) is 2.97. The molecular formula is C22H22Cl2FNO2. The van der Waals surface area contributed by atoms with Gasteiger partial charge in [-0.15, -0.1) is 12.4 Å². The predicted molar refractivity (Wildman–Crippen MR) is 113 cm³/mol. The van der Waals surface area contributed by atoms with Gasteiger partial charge in [-0.05, 0) is 29.3 Å². The maximum absolute atomic E-state index is 13.0. The fourth-order valence-electron chi connectivity index (χ4n) is 2.74. The Labute approximate surface area is 175 Å². The molecule has 0 aromatic heterocycles. The van der Waals surface area contributed by atoms with E-state index in [0.717, 1.165) is 16.7 Å². The van der Waals surface area contributed by atoms with Crippen molar-refractivity contribution < 1.29 is 13.9 Å². The summed E-state index contributed by atoms with van der Waals surface area (Å²) in [4.78, 5) is 0. The first kappa shape index (κ1) is 22.0. The summed E-state index contributed by atoms with van der Waals surface area (Å²) in [6.07, 6.45) is 0. The molecule has 0 saturated heterocycles. The highest BCUT2D eigenvalue weighted by Gasteiger charge is 2.13. The maximum Gasteiger partial charge on any atom is 0.166 e. The summed E-state index contributed by atoms with van der Waals surface area (Å²) in [6.45, 7) is 1.58. The second kappa shape index (κ2) is 10.9. The zero-order valence-electron chi connectivity index (χ0n) is 15.5. The third-order valence-electron chi connectivity index (χ3n) is 4.10. The molecular weight excluding hydrogens is 400 g/mol. The standard InChI is InChI=1S/C22H21ClFNO2.ClH/c1-26-21-12-19(23)11-18(14-25-13-16-7-9-20(24)10-8-16)22(21)27-15-17-5-3-2-4-6-17;/h2-12,25H,13-15H2,1H3;1H. The minimum absolute atomic E-state index is 0. The van der Waals surface area contributed by atoms with E-state index in [1.54, 1.807) is 25.3 Å². The molecule has 0 radical (unpaired) electrons. The van der Waals surface area contributed by atoms with Gasteiger partial charge in [-0.2, -0.15) is 0 Å². The number of rotatable bonds is 8. The Balaban J connectivity index is 0.00000280. The van der Waals surface area contributed by atoms with E-state index in [0.29, 0.717) is 36.2 Å². The first-order chi connectivity index (χ1) is 13.2. The summed E-state index contributed by atoms with van der Waals surface area (Å²) in [7, 11) is 1.59. The van der Waals surface area contributed by atoms with Gasteiger partial charge in [0.2, 0.25) is 0 Å². The van der Waals surface area contributed by atoms with Crippen molar-refractivity contribution in [3.05, 3.63) is 94.3 Å². The van der Waals surface area contributed by atoms with E-state index in [-0.39, 0.29) is 18.2 Å². The van der Waals surface area contributed by atoms with Gasteiger partial charge in [0, 0.05) is 29.7 Å². The molecule has 0 unspecified atom stereocenters. The normalized spacial score (nSPS) is 10.2. The number of benzene rings is 3. The first-order valence-corrected chi connectivity index (χ1v) is 9.02. The van der Waals surface area contributed by atoms with Crippen LogP contribution in [0, 0.1) is 5.82 Å². The molecule has 0 aliphatic carbocycles. The van der Waals surface area contributed by atoms with Crippen LogP contribution in [0.25, 0.3) is 0 Å². The van der Waals surface area contributed by atoms with E-state index in [9.17, 15) is 4.39 Å². The highest BCUT2D eigenvalue weighted by Crippen LogP contribution is 2.35. The zero-order valence-corrected chi connectivity index (χ0v) is 17.0. The summed E-state index contributed by atoms with van der Waals surface area (Å²) < 4.78 is 24.5. The van der Waals surface area contributed by atoms with Crippen LogP contribution < -0.4 is 14.8 Å². The molecule has 6 heteroatoms. The molecule has 0 saturated carbocycles. The molecule has 3 nitrogen and oxygen atoms in total. The van der Waals surface area contributed by atoms with E-state index in [1.807, 2.05) is 36.4 Å². The summed E-state index contributed by atoms with van der Waals surface area (Å²) in [5, 5.41) is 3.92. The summed E-state index contributed by atoms with van der Waals surface area (Å²) in [6, 6.07) is 20.0. The van der Waals surface area contributed by atoms with Crippen LogP contribution in [0.5, 0.6) is 11.5 Å². The molecule has 0 aliphatic rings. The van der Waals surface area contributed by atoms with Crippen LogP contribution in [0.4, 0.5) is 4.39 Å². The van der Waals surface area contributed by atoms with Crippen LogP contribution in [0.2, 0.25) is 5.02 Å². The van der Waals surface area contributed by atoms with Gasteiger partial charge in [0.25, 0.3) is 0 Å². The van der Waals surface area contributed by atoms with Crippen molar-refractivity contribution >= 4 is 24.0 Å². The summed E-state index contributed by atoms with van der Waals surface area (Å²) >= 11 is 6.23. The zero-order chi connectivity index (χ0) is 19.1. The van der Waals surface area contributed by atoms with Crippen molar-refractivity contribution in [1.29, 1.82) is 0 Å². The van der Waals surface area contributed by atoms with Crippen molar-refractivity contribution in [2.45, 2.75) is 19.7 Å².